The number of pyridine rings is 1. The van der Waals surface area contributed by atoms with E-state index in [2.05, 4.69) is 20.9 Å². The van der Waals surface area contributed by atoms with Crippen LogP contribution in [0, 0.1) is 5.82 Å². The van der Waals surface area contributed by atoms with Gasteiger partial charge in [0.25, 0.3) is 0 Å². The topological polar surface area (TPSA) is 22.1 Å². The zero-order chi connectivity index (χ0) is 14.1. The Morgan fingerprint density at radius 2 is 1.95 bits per heavy atom. The van der Waals surface area contributed by atoms with E-state index in [1.165, 1.54) is 6.07 Å². The Labute approximate surface area is 128 Å². The van der Waals surface area contributed by atoms with Crippen LogP contribution >= 0.6 is 27.5 Å². The minimum Gasteiger partial charge on any atom is -0.457 e. The van der Waals surface area contributed by atoms with Crippen molar-refractivity contribution >= 4 is 38.4 Å². The molecular weight excluding hydrogens is 345 g/mol. The number of rotatable bonds is 2. The molecule has 0 radical (unpaired) electrons. The minimum absolute atomic E-state index is 0.330. The van der Waals surface area contributed by atoms with Gasteiger partial charge in [0.2, 0.25) is 0 Å². The maximum atomic E-state index is 13.2. The van der Waals surface area contributed by atoms with Gasteiger partial charge < -0.3 is 4.74 Å². The third kappa shape index (κ3) is 2.62. The van der Waals surface area contributed by atoms with Crippen LogP contribution in [0.2, 0.25) is 5.02 Å². The third-order valence-electron chi connectivity index (χ3n) is 2.78. The van der Waals surface area contributed by atoms with Gasteiger partial charge in [-0.2, -0.15) is 0 Å². The molecule has 0 atom stereocenters. The molecule has 100 valence electrons. The van der Waals surface area contributed by atoms with Gasteiger partial charge in [-0.05, 0) is 58.4 Å². The Hall–Kier alpha value is -1.65. The fourth-order valence-corrected chi connectivity index (χ4v) is 2.38. The average Bonchev–Trinajstić information content (AvgIpc) is 2.43. The lowest BCUT2D eigenvalue weighted by atomic mass is 10.2. The number of nitrogens with zero attached hydrogens (tertiary/aromatic N) is 1. The number of benzene rings is 2. The molecule has 0 bridgehead atoms. The van der Waals surface area contributed by atoms with Crippen molar-refractivity contribution in [2.45, 2.75) is 0 Å². The smallest absolute Gasteiger partial charge is 0.138 e. The monoisotopic (exact) mass is 351 g/mol. The Morgan fingerprint density at radius 1 is 1.10 bits per heavy atom. The molecule has 0 unspecified atom stereocenters. The van der Waals surface area contributed by atoms with E-state index in [9.17, 15) is 4.39 Å². The molecule has 0 spiro atoms. The molecule has 3 rings (SSSR count). The summed E-state index contributed by atoms with van der Waals surface area (Å²) in [7, 11) is 0. The van der Waals surface area contributed by atoms with Gasteiger partial charge in [0.15, 0.2) is 0 Å². The van der Waals surface area contributed by atoms with Crippen LogP contribution in [0.4, 0.5) is 4.39 Å². The van der Waals surface area contributed by atoms with Crippen molar-refractivity contribution in [2.24, 2.45) is 0 Å². The Morgan fingerprint density at radius 3 is 2.75 bits per heavy atom. The fraction of sp³-hybridized carbons (Fsp3) is 0. The molecule has 20 heavy (non-hydrogen) atoms. The highest BCUT2D eigenvalue weighted by atomic mass is 79.9. The highest BCUT2D eigenvalue weighted by Crippen LogP contribution is 2.31. The lowest BCUT2D eigenvalue weighted by Crippen LogP contribution is -1.88. The number of hydrogen-bond donors (Lipinski definition) is 0. The van der Waals surface area contributed by atoms with Gasteiger partial charge in [-0.3, -0.25) is 4.98 Å². The Bertz CT molecular complexity index is 794. The number of ether oxygens (including phenoxy) is 1. The molecule has 0 N–H and O–H groups in total. The van der Waals surface area contributed by atoms with Crippen molar-refractivity contribution in [2.75, 3.05) is 0 Å². The molecule has 3 aromatic rings. The first kappa shape index (κ1) is 13.3. The van der Waals surface area contributed by atoms with Crippen LogP contribution in [0.1, 0.15) is 0 Å². The van der Waals surface area contributed by atoms with Crippen LogP contribution in [0.5, 0.6) is 11.5 Å². The molecule has 0 amide bonds. The zero-order valence-corrected chi connectivity index (χ0v) is 12.5. The lowest BCUT2D eigenvalue weighted by molar-refractivity contribution is 0.485. The molecule has 2 aromatic carbocycles. The maximum Gasteiger partial charge on any atom is 0.138 e. The summed E-state index contributed by atoms with van der Waals surface area (Å²) in [5.41, 5.74) is 0.746. The second-order valence-electron chi connectivity index (χ2n) is 4.15. The molecule has 2 nitrogen and oxygen atoms in total. The normalized spacial score (nSPS) is 10.8. The van der Waals surface area contributed by atoms with E-state index in [1.54, 1.807) is 36.5 Å². The quantitative estimate of drug-likeness (QED) is 0.600. The maximum absolute atomic E-state index is 13.2. The fourth-order valence-electron chi connectivity index (χ4n) is 1.85. The molecule has 0 saturated heterocycles. The van der Waals surface area contributed by atoms with Gasteiger partial charge in [-0.25, -0.2) is 4.39 Å². The van der Waals surface area contributed by atoms with Crippen LogP contribution in [0.3, 0.4) is 0 Å². The van der Waals surface area contributed by atoms with E-state index in [4.69, 9.17) is 16.3 Å². The molecule has 1 aromatic heterocycles. The molecule has 5 heteroatoms. The molecule has 1 heterocycles. The SMILES string of the molecule is Fc1ccc(Oc2ccnc3cc(Cl)ccc23)cc1Br. The summed E-state index contributed by atoms with van der Waals surface area (Å²) in [5.74, 6) is 0.856. The van der Waals surface area contributed by atoms with E-state index in [0.29, 0.717) is 21.0 Å². The van der Waals surface area contributed by atoms with E-state index in [1.807, 2.05) is 6.07 Å². The van der Waals surface area contributed by atoms with Crippen LogP contribution in [-0.4, -0.2) is 4.98 Å². The number of hydrogen-bond acceptors (Lipinski definition) is 2. The largest absolute Gasteiger partial charge is 0.457 e. The first-order valence-corrected chi connectivity index (χ1v) is 6.98. The molecule has 0 saturated carbocycles. The number of halogens is 3. The molecule has 0 aliphatic heterocycles. The standard InChI is InChI=1S/C15H8BrClFNO/c16-12-8-10(2-4-13(12)18)20-15-5-6-19-14-7-9(17)1-3-11(14)15/h1-8H. The molecule has 0 fully saturated rings. The predicted octanol–water partition coefficient (Wildman–Crippen LogP) is 5.58. The van der Waals surface area contributed by atoms with Gasteiger partial charge in [-0.15, -0.1) is 0 Å². The predicted molar refractivity (Wildman–Crippen MR) is 80.9 cm³/mol. The number of aromatic nitrogens is 1. The Kier molecular flexibility index (Phi) is 3.59. The second kappa shape index (κ2) is 5.38. The summed E-state index contributed by atoms with van der Waals surface area (Å²) < 4.78 is 19.4. The molecule has 0 aliphatic rings. The van der Waals surface area contributed by atoms with Crippen LogP contribution < -0.4 is 4.74 Å². The summed E-state index contributed by atoms with van der Waals surface area (Å²) in [5, 5.41) is 1.46. The van der Waals surface area contributed by atoms with Crippen molar-refractivity contribution in [3.8, 4) is 11.5 Å². The summed E-state index contributed by atoms with van der Waals surface area (Å²) in [6.07, 6.45) is 1.65. The lowest BCUT2D eigenvalue weighted by Gasteiger charge is -2.09. The summed E-state index contributed by atoms with van der Waals surface area (Å²) >= 11 is 9.07. The van der Waals surface area contributed by atoms with Crippen LogP contribution in [0.15, 0.2) is 53.1 Å². The van der Waals surface area contributed by atoms with Gasteiger partial charge in [-0.1, -0.05) is 11.6 Å². The van der Waals surface area contributed by atoms with E-state index in [0.717, 1.165) is 10.9 Å². The number of fused-ring (bicyclic) bond motifs is 1. The summed E-state index contributed by atoms with van der Waals surface area (Å²) in [4.78, 5) is 4.24. The Balaban J connectivity index is 2.04. The van der Waals surface area contributed by atoms with Gasteiger partial charge in [0.05, 0.1) is 9.99 Å². The first-order valence-electron chi connectivity index (χ1n) is 5.81. The molecule has 0 aliphatic carbocycles. The van der Waals surface area contributed by atoms with Gasteiger partial charge >= 0.3 is 0 Å². The molecular formula is C15H8BrClFNO. The first-order chi connectivity index (χ1) is 9.63. The summed E-state index contributed by atoms with van der Waals surface area (Å²) in [6, 6.07) is 11.6. The van der Waals surface area contributed by atoms with Crippen molar-refractivity contribution < 1.29 is 9.13 Å². The van der Waals surface area contributed by atoms with Crippen molar-refractivity contribution in [1.82, 2.24) is 4.98 Å². The summed E-state index contributed by atoms with van der Waals surface area (Å²) in [6.45, 7) is 0. The third-order valence-corrected chi connectivity index (χ3v) is 3.63. The van der Waals surface area contributed by atoms with Crippen LogP contribution in [-0.2, 0) is 0 Å². The van der Waals surface area contributed by atoms with E-state index < -0.39 is 0 Å². The second-order valence-corrected chi connectivity index (χ2v) is 5.44. The van der Waals surface area contributed by atoms with Gasteiger partial charge in [0.1, 0.15) is 17.3 Å². The van der Waals surface area contributed by atoms with E-state index in [-0.39, 0.29) is 5.82 Å². The van der Waals surface area contributed by atoms with Crippen molar-refractivity contribution in [1.29, 1.82) is 0 Å². The zero-order valence-electron chi connectivity index (χ0n) is 10.1. The van der Waals surface area contributed by atoms with Crippen molar-refractivity contribution in [3.63, 3.8) is 0 Å². The van der Waals surface area contributed by atoms with E-state index >= 15 is 0 Å². The van der Waals surface area contributed by atoms with Gasteiger partial charge in [0, 0.05) is 16.6 Å². The highest BCUT2D eigenvalue weighted by molar-refractivity contribution is 9.10. The highest BCUT2D eigenvalue weighted by Gasteiger charge is 2.07. The minimum atomic E-state index is -0.330. The van der Waals surface area contributed by atoms with Crippen molar-refractivity contribution in [3.05, 3.63) is 64.0 Å². The average molecular weight is 353 g/mol. The van der Waals surface area contributed by atoms with Crippen LogP contribution in [0.25, 0.3) is 10.9 Å².